The monoisotopic (exact) mass is 270 g/mol. The molecule has 1 aromatic heterocycles. The maximum atomic E-state index is 12.3. The van der Waals surface area contributed by atoms with E-state index in [4.69, 9.17) is 5.84 Å². The Morgan fingerprint density at radius 3 is 2.65 bits per heavy atom. The highest BCUT2D eigenvalue weighted by atomic mass is 16.2. The van der Waals surface area contributed by atoms with Gasteiger partial charge in [-0.3, -0.25) is 10.6 Å². The third kappa shape index (κ3) is 3.13. The summed E-state index contributed by atoms with van der Waals surface area (Å²) in [6.07, 6.45) is 1.54. The number of hydrazine groups is 1. The molecule has 0 bridgehead atoms. The summed E-state index contributed by atoms with van der Waals surface area (Å²) >= 11 is 0. The van der Waals surface area contributed by atoms with Gasteiger partial charge in [-0.2, -0.15) is 0 Å². The number of rotatable bonds is 4. The Labute approximate surface area is 118 Å². The van der Waals surface area contributed by atoms with Crippen molar-refractivity contribution in [2.24, 2.45) is 5.84 Å². The average Bonchev–Trinajstić information content (AvgIpc) is 2.49. The first-order valence-corrected chi connectivity index (χ1v) is 6.34. The maximum absolute atomic E-state index is 12.3. The molecule has 104 valence electrons. The first-order chi connectivity index (χ1) is 9.61. The largest absolute Gasteiger partial charge is 0.336 e. The van der Waals surface area contributed by atoms with E-state index < -0.39 is 0 Å². The van der Waals surface area contributed by atoms with Crippen LogP contribution in [0.1, 0.15) is 21.6 Å². The molecule has 3 N–H and O–H groups in total. The van der Waals surface area contributed by atoms with Crippen LogP contribution in [-0.2, 0) is 6.54 Å². The van der Waals surface area contributed by atoms with Gasteiger partial charge in [0.25, 0.3) is 5.91 Å². The summed E-state index contributed by atoms with van der Waals surface area (Å²) in [5.74, 6) is 5.16. The van der Waals surface area contributed by atoms with Crippen LogP contribution in [-0.4, -0.2) is 22.8 Å². The zero-order chi connectivity index (χ0) is 14.5. The molecule has 20 heavy (non-hydrogen) atoms. The molecule has 0 atom stereocenters. The Hall–Kier alpha value is -2.40. The molecule has 1 heterocycles. The molecule has 0 saturated carbocycles. The van der Waals surface area contributed by atoms with Gasteiger partial charge in [-0.15, -0.1) is 0 Å². The van der Waals surface area contributed by atoms with Crippen LogP contribution in [0, 0.1) is 6.92 Å². The van der Waals surface area contributed by atoms with Crippen molar-refractivity contribution < 1.29 is 4.79 Å². The molecule has 0 fully saturated rings. The summed E-state index contributed by atoms with van der Waals surface area (Å²) < 4.78 is 0. The van der Waals surface area contributed by atoms with Gasteiger partial charge in [0.05, 0.1) is 11.9 Å². The fraction of sp³-hybridized carbons (Fsp3) is 0.200. The van der Waals surface area contributed by atoms with Crippen molar-refractivity contribution in [3.63, 3.8) is 0 Å². The average molecular weight is 270 g/mol. The molecule has 0 spiro atoms. The molecule has 5 heteroatoms. The van der Waals surface area contributed by atoms with E-state index in [1.54, 1.807) is 24.1 Å². The van der Waals surface area contributed by atoms with Gasteiger partial charge in [-0.1, -0.05) is 24.3 Å². The summed E-state index contributed by atoms with van der Waals surface area (Å²) in [5.41, 5.74) is 5.85. The van der Waals surface area contributed by atoms with Gasteiger partial charge in [-0.25, -0.2) is 4.98 Å². The molecule has 0 aliphatic heterocycles. The molecule has 2 rings (SSSR count). The van der Waals surface area contributed by atoms with Crippen molar-refractivity contribution >= 4 is 11.6 Å². The number of nitrogens with zero attached hydrogens (tertiary/aromatic N) is 2. The smallest absolute Gasteiger partial charge is 0.272 e. The second kappa shape index (κ2) is 6.16. The normalized spacial score (nSPS) is 10.2. The van der Waals surface area contributed by atoms with Crippen molar-refractivity contribution in [2.45, 2.75) is 13.5 Å². The highest BCUT2D eigenvalue weighted by Gasteiger charge is 2.13. The zero-order valence-corrected chi connectivity index (χ0v) is 11.6. The molecule has 0 unspecified atom stereocenters. The SMILES string of the molecule is Cc1ccccc1CN(C)C(=O)c1ccc(NN)cn1. The third-order valence-electron chi connectivity index (χ3n) is 3.16. The Kier molecular flexibility index (Phi) is 4.32. The Morgan fingerprint density at radius 2 is 2.05 bits per heavy atom. The highest BCUT2D eigenvalue weighted by Crippen LogP contribution is 2.12. The van der Waals surface area contributed by atoms with E-state index in [9.17, 15) is 4.79 Å². The van der Waals surface area contributed by atoms with Crippen LogP contribution < -0.4 is 11.3 Å². The van der Waals surface area contributed by atoms with Gasteiger partial charge in [0.15, 0.2) is 0 Å². The van der Waals surface area contributed by atoms with E-state index >= 15 is 0 Å². The fourth-order valence-electron chi connectivity index (χ4n) is 1.92. The van der Waals surface area contributed by atoms with E-state index in [0.717, 1.165) is 5.56 Å². The lowest BCUT2D eigenvalue weighted by Crippen LogP contribution is -2.27. The number of nitrogen functional groups attached to an aromatic ring is 1. The second-order valence-electron chi connectivity index (χ2n) is 4.66. The molecule has 0 aliphatic rings. The molecule has 5 nitrogen and oxygen atoms in total. The summed E-state index contributed by atoms with van der Waals surface area (Å²) in [7, 11) is 1.77. The van der Waals surface area contributed by atoms with Gasteiger partial charge in [-0.05, 0) is 30.2 Å². The van der Waals surface area contributed by atoms with Crippen molar-refractivity contribution in [1.29, 1.82) is 0 Å². The zero-order valence-electron chi connectivity index (χ0n) is 11.6. The van der Waals surface area contributed by atoms with Gasteiger partial charge < -0.3 is 10.3 Å². The number of carbonyl (C=O) groups is 1. The Balaban J connectivity index is 2.10. The number of aromatic nitrogens is 1. The van der Waals surface area contributed by atoms with E-state index in [0.29, 0.717) is 17.9 Å². The van der Waals surface area contributed by atoms with Crippen molar-refractivity contribution in [2.75, 3.05) is 12.5 Å². The van der Waals surface area contributed by atoms with Gasteiger partial charge in [0, 0.05) is 13.6 Å². The highest BCUT2D eigenvalue weighted by molar-refractivity contribution is 5.92. The summed E-state index contributed by atoms with van der Waals surface area (Å²) in [6, 6.07) is 11.4. The number of hydrogen-bond donors (Lipinski definition) is 2. The van der Waals surface area contributed by atoms with Crippen LogP contribution in [0.15, 0.2) is 42.6 Å². The number of benzene rings is 1. The van der Waals surface area contributed by atoms with E-state index in [1.165, 1.54) is 11.8 Å². The predicted molar refractivity (Wildman–Crippen MR) is 79.0 cm³/mol. The quantitative estimate of drug-likeness (QED) is 0.658. The van der Waals surface area contributed by atoms with E-state index in [-0.39, 0.29) is 5.91 Å². The molecule has 0 saturated heterocycles. The summed E-state index contributed by atoms with van der Waals surface area (Å²) in [6.45, 7) is 2.59. The second-order valence-corrected chi connectivity index (χ2v) is 4.66. The number of carbonyl (C=O) groups excluding carboxylic acids is 1. The summed E-state index contributed by atoms with van der Waals surface area (Å²) in [5, 5.41) is 0. The van der Waals surface area contributed by atoms with Crippen LogP contribution in [0.3, 0.4) is 0 Å². The van der Waals surface area contributed by atoms with E-state index in [1.807, 2.05) is 31.2 Å². The minimum absolute atomic E-state index is 0.114. The Bertz CT molecular complexity index is 595. The molecular formula is C15H18N4O. The number of hydrogen-bond acceptors (Lipinski definition) is 4. The molecule has 1 amide bonds. The lowest BCUT2D eigenvalue weighted by Gasteiger charge is -2.18. The first kappa shape index (κ1) is 14.0. The lowest BCUT2D eigenvalue weighted by molar-refractivity contribution is 0.0779. The number of nitrogens with one attached hydrogen (secondary N) is 1. The summed E-state index contributed by atoms with van der Waals surface area (Å²) in [4.78, 5) is 18.0. The topological polar surface area (TPSA) is 71.2 Å². The third-order valence-corrected chi connectivity index (χ3v) is 3.16. The predicted octanol–water partition coefficient (Wildman–Crippen LogP) is 1.95. The number of aryl methyl sites for hydroxylation is 1. The maximum Gasteiger partial charge on any atom is 0.272 e. The van der Waals surface area contributed by atoms with Crippen LogP contribution in [0.5, 0.6) is 0 Å². The number of nitrogens with two attached hydrogens (primary N) is 1. The van der Waals surface area contributed by atoms with E-state index in [2.05, 4.69) is 10.4 Å². The molecule has 0 radical (unpaired) electrons. The number of pyridine rings is 1. The van der Waals surface area contributed by atoms with Crippen LogP contribution in [0.4, 0.5) is 5.69 Å². The molecule has 2 aromatic rings. The van der Waals surface area contributed by atoms with Crippen molar-refractivity contribution in [3.8, 4) is 0 Å². The minimum atomic E-state index is -0.114. The lowest BCUT2D eigenvalue weighted by atomic mass is 10.1. The molecular weight excluding hydrogens is 252 g/mol. The van der Waals surface area contributed by atoms with Crippen LogP contribution in [0.25, 0.3) is 0 Å². The Morgan fingerprint density at radius 1 is 1.30 bits per heavy atom. The van der Waals surface area contributed by atoms with Crippen molar-refractivity contribution in [1.82, 2.24) is 9.88 Å². The van der Waals surface area contributed by atoms with Crippen LogP contribution >= 0.6 is 0 Å². The first-order valence-electron chi connectivity index (χ1n) is 6.34. The van der Waals surface area contributed by atoms with Crippen LogP contribution in [0.2, 0.25) is 0 Å². The van der Waals surface area contributed by atoms with Crippen molar-refractivity contribution in [3.05, 3.63) is 59.4 Å². The standard InChI is InChI=1S/C15H18N4O/c1-11-5-3-4-6-12(11)10-19(2)15(20)14-8-7-13(18-16)9-17-14/h3-9,18H,10,16H2,1-2H3. The molecule has 0 aliphatic carbocycles. The fourth-order valence-corrected chi connectivity index (χ4v) is 1.92. The minimum Gasteiger partial charge on any atom is -0.336 e. The van der Waals surface area contributed by atoms with Gasteiger partial charge >= 0.3 is 0 Å². The van der Waals surface area contributed by atoms with Gasteiger partial charge in [0.2, 0.25) is 0 Å². The number of anilines is 1. The molecule has 1 aromatic carbocycles. The number of amides is 1. The van der Waals surface area contributed by atoms with Gasteiger partial charge in [0.1, 0.15) is 5.69 Å².